The van der Waals surface area contributed by atoms with E-state index in [-0.39, 0.29) is 49.5 Å². The van der Waals surface area contributed by atoms with Gasteiger partial charge in [-0.2, -0.15) is 13.0 Å². The van der Waals surface area contributed by atoms with Crippen molar-refractivity contribution in [1.29, 1.82) is 0 Å². The van der Waals surface area contributed by atoms with Crippen molar-refractivity contribution in [2.75, 3.05) is 29.5 Å². The topological polar surface area (TPSA) is 292 Å². The molecule has 22 heteroatoms. The Balaban J connectivity index is 0.00000152. The summed E-state index contributed by atoms with van der Waals surface area (Å²) in [5.41, 5.74) is 3.45. The van der Waals surface area contributed by atoms with Crippen molar-refractivity contribution in [1.82, 2.24) is 0 Å². The van der Waals surface area contributed by atoms with Gasteiger partial charge in [-0.1, -0.05) is 52.0 Å². The van der Waals surface area contributed by atoms with Crippen molar-refractivity contribution in [2.24, 2.45) is 0 Å². The molecule has 0 fully saturated rings. The van der Waals surface area contributed by atoms with Gasteiger partial charge in [-0.05, 0) is 62.9 Å². The fraction of sp³-hybridized carbons (Fsp3) is 0.450. The maximum Gasteiger partial charge on any atom is 0.425 e. The van der Waals surface area contributed by atoms with E-state index in [4.69, 9.17) is 25.3 Å². The third-order valence-corrected chi connectivity index (χ3v) is 11.5. The number of hydrogen-bond acceptors (Lipinski definition) is 15. The second-order valence-corrected chi connectivity index (χ2v) is 19.1. The van der Waals surface area contributed by atoms with Gasteiger partial charge >= 0.3 is 27.2 Å². The molecule has 0 unspecified atom stereocenters. The molecule has 0 amide bonds. The Kier molecular flexibility index (Phi) is 19.2. The first-order chi connectivity index (χ1) is 28.6. The van der Waals surface area contributed by atoms with Crippen LogP contribution in [0.5, 0.6) is 0 Å². The van der Waals surface area contributed by atoms with E-state index in [0.717, 1.165) is 17.0 Å². The number of ketones is 2. The number of carbonyl (C=O) groups excluding carboxylic acids is 2. The van der Waals surface area contributed by atoms with Gasteiger partial charge in [-0.3, -0.25) is 14.1 Å². The van der Waals surface area contributed by atoms with Gasteiger partial charge in [0.15, 0.2) is 17.3 Å². The molecular weight excluding hydrogens is 893 g/mol. The first-order valence-electron chi connectivity index (χ1n) is 19.1. The molecule has 18 nitrogen and oxygen atoms in total. The quantitative estimate of drug-likeness (QED) is 0.0884. The lowest BCUT2D eigenvalue weighted by atomic mass is 9.78. The number of benzene rings is 2. The van der Waals surface area contributed by atoms with Crippen molar-refractivity contribution < 1.29 is 75.3 Å². The lowest BCUT2D eigenvalue weighted by Gasteiger charge is -2.27. The van der Waals surface area contributed by atoms with E-state index in [0.29, 0.717) is 47.3 Å². The number of carbonyl (C=O) groups is 3. The Hall–Kier alpha value is -5.00. The van der Waals surface area contributed by atoms with E-state index in [9.17, 15) is 45.4 Å². The Labute approximate surface area is 364 Å². The summed E-state index contributed by atoms with van der Waals surface area (Å²) >= 11 is 0. The van der Waals surface area contributed by atoms with E-state index >= 15 is 0 Å². The van der Waals surface area contributed by atoms with E-state index in [1.54, 1.807) is 42.5 Å². The SMILES string of the molecule is CCCC(=O)c1cc(C(=O)CCC)c2c(c1)N(CCCS(=O)(=O)[O-])C(=CC=CC=CC1=[N+](CCCS(=O)(=O)O)c3cccc(C(=O)O)c3C1(C)C)C2(C)C.O=S(=O)=O.O=S(=O)=O. The van der Waals surface area contributed by atoms with Crippen LogP contribution in [0.15, 0.2) is 66.4 Å². The number of Topliss-reactive ketones (excluding diaryl/α,β-unsaturated/α-hetero) is 2. The first-order valence-corrected chi connectivity index (χ1v) is 24.3. The third-order valence-electron chi connectivity index (χ3n) is 9.95. The fourth-order valence-electron chi connectivity index (χ4n) is 7.64. The first kappa shape index (κ1) is 53.1. The molecule has 340 valence electrons. The Morgan fingerprint density at radius 2 is 1.37 bits per heavy atom. The number of nitrogens with zero attached hydrogens (tertiary/aromatic N) is 2. The van der Waals surface area contributed by atoms with Crippen LogP contribution in [0.4, 0.5) is 11.4 Å². The summed E-state index contributed by atoms with van der Waals surface area (Å²) in [6.45, 7) is 11.9. The predicted molar refractivity (Wildman–Crippen MR) is 227 cm³/mol. The third kappa shape index (κ3) is 14.5. The fourth-order valence-corrected chi connectivity index (χ4v) is 8.62. The zero-order valence-corrected chi connectivity index (χ0v) is 38.2. The molecule has 2 aromatic carbocycles. The number of carboxylic acid groups (broad SMARTS) is 1. The predicted octanol–water partition coefficient (Wildman–Crippen LogP) is 4.73. The highest BCUT2D eigenvalue weighted by molar-refractivity contribution is 7.85. The van der Waals surface area contributed by atoms with Crippen LogP contribution in [0.3, 0.4) is 0 Å². The molecule has 2 N–H and O–H groups in total. The second-order valence-electron chi connectivity index (χ2n) is 15.2. The summed E-state index contributed by atoms with van der Waals surface area (Å²) in [5, 5.41) is 9.99. The van der Waals surface area contributed by atoms with Crippen LogP contribution in [-0.2, 0) is 52.3 Å². The van der Waals surface area contributed by atoms with Gasteiger partial charge in [-0.25, -0.2) is 13.2 Å². The normalized spacial score (nSPS) is 15.7. The van der Waals surface area contributed by atoms with Gasteiger partial charge in [-0.15, -0.1) is 25.3 Å². The smallest absolute Gasteiger partial charge is 0.425 e. The molecule has 0 radical (unpaired) electrons. The van der Waals surface area contributed by atoms with Crippen molar-refractivity contribution in [3.63, 3.8) is 0 Å². The minimum atomic E-state index is -4.49. The number of fused-ring (bicyclic) bond motifs is 2. The number of hydrogen-bond donors (Lipinski definition) is 2. The number of aromatic carboxylic acids is 1. The molecule has 62 heavy (non-hydrogen) atoms. The van der Waals surface area contributed by atoms with Crippen molar-refractivity contribution >= 4 is 76.1 Å². The van der Waals surface area contributed by atoms with Crippen LogP contribution in [0.2, 0.25) is 0 Å². The standard InChI is InChI=1S/C40H50N2O10S2.2O3S/c1-7-15-32(43)27-25-29(33(44)16-8-2)37-31(26-27)42(22-14-24-54(50,51)52)35(40(37,5)6)20-11-9-10-19-34-39(3,4)36-28(38(45)46)17-12-18-30(36)41(34)21-13-23-53(47,48)49;2*1-4(2)3/h9-12,17-20,25-26H,7-8,13-16,21-24H2,1-6H3,(H2-,45,46,47,48,49,50,51,52);;. The molecule has 2 aliphatic heterocycles. The van der Waals surface area contributed by atoms with Gasteiger partial charge < -0.3 is 14.6 Å². The van der Waals surface area contributed by atoms with Gasteiger partial charge in [0.25, 0.3) is 10.1 Å². The van der Waals surface area contributed by atoms with E-state index in [1.165, 1.54) is 6.07 Å². The lowest BCUT2D eigenvalue weighted by molar-refractivity contribution is -0.437. The molecule has 0 saturated heterocycles. The molecule has 0 aliphatic carbocycles. The average molecular weight is 943 g/mol. The molecule has 0 spiro atoms. The highest BCUT2D eigenvalue weighted by Crippen LogP contribution is 2.50. The highest BCUT2D eigenvalue weighted by atomic mass is 32.2. The summed E-state index contributed by atoms with van der Waals surface area (Å²) in [6.07, 6.45) is 10.9. The van der Waals surface area contributed by atoms with E-state index < -0.39 is 69.8 Å². The minimum absolute atomic E-state index is 0.0212. The van der Waals surface area contributed by atoms with E-state index in [1.807, 2.05) is 63.2 Å². The van der Waals surface area contributed by atoms with Gasteiger partial charge in [0, 0.05) is 71.6 Å². The van der Waals surface area contributed by atoms with Gasteiger partial charge in [0.05, 0.1) is 32.4 Å². The van der Waals surface area contributed by atoms with Crippen LogP contribution >= 0.6 is 0 Å². The van der Waals surface area contributed by atoms with Crippen molar-refractivity contribution in [2.45, 2.75) is 90.9 Å². The van der Waals surface area contributed by atoms with Crippen LogP contribution in [0.25, 0.3) is 0 Å². The summed E-state index contributed by atoms with van der Waals surface area (Å²) in [7, 11) is -14.9. The largest absolute Gasteiger partial charge is 0.748 e. The molecule has 0 aromatic heterocycles. The molecule has 0 bridgehead atoms. The van der Waals surface area contributed by atoms with Crippen LogP contribution < -0.4 is 4.90 Å². The Morgan fingerprint density at radius 3 is 1.90 bits per heavy atom. The molecule has 2 aromatic rings. The summed E-state index contributed by atoms with van der Waals surface area (Å²) in [5.74, 6) is -2.34. The molecule has 2 aliphatic rings. The number of carboxylic acids is 1. The summed E-state index contributed by atoms with van der Waals surface area (Å²) in [4.78, 5) is 40.8. The van der Waals surface area contributed by atoms with Gasteiger partial charge in [0.1, 0.15) is 6.54 Å². The average Bonchev–Trinajstić information content (AvgIpc) is 3.48. The number of rotatable bonds is 18. The van der Waals surface area contributed by atoms with Crippen molar-refractivity contribution in [3.05, 3.63) is 94.2 Å². The zero-order chi connectivity index (χ0) is 47.4. The maximum absolute atomic E-state index is 13.6. The molecule has 4 rings (SSSR count). The van der Waals surface area contributed by atoms with Gasteiger partial charge in [0.2, 0.25) is 5.69 Å². The second kappa shape index (κ2) is 22.4. The monoisotopic (exact) mass is 942 g/mol. The summed E-state index contributed by atoms with van der Waals surface area (Å²) in [6, 6.07) is 8.38. The van der Waals surface area contributed by atoms with E-state index in [2.05, 4.69) is 0 Å². The molecular formula is C40H50N2O16S4. The Morgan fingerprint density at radius 1 is 0.790 bits per heavy atom. The number of allylic oxidation sites excluding steroid dienone is 6. The molecule has 0 atom stereocenters. The van der Waals surface area contributed by atoms with Crippen LogP contribution in [0, 0.1) is 0 Å². The number of anilines is 1. The van der Waals surface area contributed by atoms with Crippen LogP contribution in [-0.4, -0.2) is 109 Å². The molecule has 2 heterocycles. The maximum atomic E-state index is 13.6. The van der Waals surface area contributed by atoms with Crippen LogP contribution in [0.1, 0.15) is 122 Å². The lowest BCUT2D eigenvalue weighted by Crippen LogP contribution is -2.29. The highest BCUT2D eigenvalue weighted by Gasteiger charge is 2.47. The minimum Gasteiger partial charge on any atom is -0.748 e. The molecule has 0 saturated carbocycles. The summed E-state index contributed by atoms with van der Waals surface area (Å²) < 4.78 is 120. The van der Waals surface area contributed by atoms with Crippen molar-refractivity contribution in [3.8, 4) is 0 Å². The zero-order valence-electron chi connectivity index (χ0n) is 35.0. The Bertz CT molecular complexity index is 2600.